The second-order valence-electron chi connectivity index (χ2n) is 5.49. The smallest absolute Gasteiger partial charge is 0.305 e. The summed E-state index contributed by atoms with van der Waals surface area (Å²) in [5.41, 5.74) is 4.70. The fraction of sp³-hybridized carbons (Fsp3) is 0.211. The molecule has 2 aromatic heterocycles. The lowest BCUT2D eigenvalue weighted by molar-refractivity contribution is -0.143. The van der Waals surface area contributed by atoms with Gasteiger partial charge in [0.25, 0.3) is 0 Å². The van der Waals surface area contributed by atoms with E-state index < -0.39 is 0 Å². The number of benzene rings is 1. The van der Waals surface area contributed by atoms with Crippen molar-refractivity contribution in [3.63, 3.8) is 0 Å². The number of hydrogen-bond donors (Lipinski definition) is 1. The number of rotatable bonds is 6. The number of nitrogens with one attached hydrogen (secondary N) is 1. The van der Waals surface area contributed by atoms with Crippen LogP contribution in [-0.2, 0) is 16.0 Å². The fourth-order valence-electron chi connectivity index (χ4n) is 2.57. The van der Waals surface area contributed by atoms with Gasteiger partial charge in [-0.05, 0) is 29.8 Å². The Kier molecular flexibility index (Phi) is 5.46. The molecule has 0 atom stereocenters. The second-order valence-corrected chi connectivity index (χ2v) is 5.93. The minimum Gasteiger partial charge on any atom is -0.465 e. The van der Waals surface area contributed by atoms with Crippen LogP contribution in [0.1, 0.15) is 19.0 Å². The molecule has 0 saturated carbocycles. The van der Waals surface area contributed by atoms with Crippen molar-refractivity contribution in [1.29, 1.82) is 0 Å². The molecule has 0 saturated heterocycles. The number of carbonyl (C=O) groups excluding carboxylic acids is 1. The van der Waals surface area contributed by atoms with Gasteiger partial charge < -0.3 is 4.74 Å². The van der Waals surface area contributed by atoms with Gasteiger partial charge in [-0.2, -0.15) is 5.10 Å². The molecule has 0 amide bonds. The molecule has 25 heavy (non-hydrogen) atoms. The minimum atomic E-state index is -0.206. The number of esters is 1. The van der Waals surface area contributed by atoms with Crippen LogP contribution in [-0.4, -0.2) is 27.8 Å². The zero-order valence-electron chi connectivity index (χ0n) is 13.8. The minimum absolute atomic E-state index is 0.206. The van der Waals surface area contributed by atoms with Crippen molar-refractivity contribution >= 4 is 17.6 Å². The highest BCUT2D eigenvalue weighted by Crippen LogP contribution is 2.33. The molecule has 3 rings (SSSR count). The van der Waals surface area contributed by atoms with Crippen LogP contribution in [0.3, 0.4) is 0 Å². The predicted octanol–water partition coefficient (Wildman–Crippen LogP) is 4.29. The van der Waals surface area contributed by atoms with Crippen molar-refractivity contribution in [2.24, 2.45) is 0 Å². The Bertz CT molecular complexity index is 845. The zero-order chi connectivity index (χ0) is 17.6. The Labute approximate surface area is 151 Å². The highest BCUT2D eigenvalue weighted by atomic mass is 35.5. The summed E-state index contributed by atoms with van der Waals surface area (Å²) < 4.78 is 5.20. The largest absolute Gasteiger partial charge is 0.465 e. The third-order valence-electron chi connectivity index (χ3n) is 3.83. The standard InChI is InChI=1S/C19H18ClN3O2/c1-2-17(24)25-12-9-16-18(13-7-10-21-11-8-13)19(23-22-16)14-3-5-15(20)6-4-14/h3-8,10-11H,2,9,12H2,1H3,(H,22,23). The highest BCUT2D eigenvalue weighted by Gasteiger charge is 2.17. The Hall–Kier alpha value is -2.66. The summed E-state index contributed by atoms with van der Waals surface area (Å²) in [6.45, 7) is 2.09. The van der Waals surface area contributed by atoms with Gasteiger partial charge in [-0.15, -0.1) is 0 Å². The van der Waals surface area contributed by atoms with Crippen LogP contribution in [0.4, 0.5) is 0 Å². The average Bonchev–Trinajstić information content (AvgIpc) is 3.06. The molecule has 0 radical (unpaired) electrons. The van der Waals surface area contributed by atoms with Crippen molar-refractivity contribution in [2.75, 3.05) is 6.61 Å². The first kappa shape index (κ1) is 17.2. The van der Waals surface area contributed by atoms with E-state index >= 15 is 0 Å². The van der Waals surface area contributed by atoms with Crippen LogP contribution in [0.2, 0.25) is 5.02 Å². The Morgan fingerprint density at radius 2 is 1.84 bits per heavy atom. The fourth-order valence-corrected chi connectivity index (χ4v) is 2.70. The number of halogens is 1. The first-order valence-electron chi connectivity index (χ1n) is 8.08. The third kappa shape index (κ3) is 4.06. The number of aromatic nitrogens is 3. The van der Waals surface area contributed by atoms with E-state index in [1.807, 2.05) is 36.4 Å². The number of H-pyrrole nitrogens is 1. The quantitative estimate of drug-likeness (QED) is 0.670. The molecule has 0 bridgehead atoms. The van der Waals surface area contributed by atoms with Crippen molar-refractivity contribution in [2.45, 2.75) is 19.8 Å². The van der Waals surface area contributed by atoms with Crippen molar-refractivity contribution in [3.8, 4) is 22.4 Å². The number of ether oxygens (including phenoxy) is 1. The number of pyridine rings is 1. The molecule has 0 spiro atoms. The van der Waals surface area contributed by atoms with E-state index in [9.17, 15) is 4.79 Å². The molecule has 0 fully saturated rings. The van der Waals surface area contributed by atoms with Crippen LogP contribution in [0.15, 0.2) is 48.8 Å². The van der Waals surface area contributed by atoms with Gasteiger partial charge in [-0.25, -0.2) is 0 Å². The Morgan fingerprint density at radius 1 is 1.12 bits per heavy atom. The molecule has 0 aliphatic carbocycles. The molecule has 6 heteroatoms. The van der Waals surface area contributed by atoms with E-state index in [2.05, 4.69) is 15.2 Å². The van der Waals surface area contributed by atoms with E-state index in [0.29, 0.717) is 24.5 Å². The van der Waals surface area contributed by atoms with E-state index in [0.717, 1.165) is 28.1 Å². The summed E-state index contributed by atoms with van der Waals surface area (Å²) in [4.78, 5) is 15.4. The normalized spacial score (nSPS) is 10.6. The van der Waals surface area contributed by atoms with Gasteiger partial charge in [0, 0.05) is 47.1 Å². The van der Waals surface area contributed by atoms with Crippen molar-refractivity contribution in [3.05, 3.63) is 59.5 Å². The molecule has 1 N–H and O–H groups in total. The number of aromatic amines is 1. The van der Waals surface area contributed by atoms with Crippen LogP contribution in [0.5, 0.6) is 0 Å². The highest BCUT2D eigenvalue weighted by molar-refractivity contribution is 6.30. The maximum Gasteiger partial charge on any atom is 0.305 e. The lowest BCUT2D eigenvalue weighted by Gasteiger charge is -2.07. The SMILES string of the molecule is CCC(=O)OCCc1[nH]nc(-c2ccc(Cl)cc2)c1-c1ccncc1. The lowest BCUT2D eigenvalue weighted by atomic mass is 9.99. The second kappa shape index (κ2) is 7.94. The number of carbonyl (C=O) groups is 1. The monoisotopic (exact) mass is 355 g/mol. The lowest BCUT2D eigenvalue weighted by Crippen LogP contribution is -2.06. The van der Waals surface area contributed by atoms with Crippen molar-refractivity contribution < 1.29 is 9.53 Å². The molecule has 5 nitrogen and oxygen atoms in total. The van der Waals surface area contributed by atoms with Crippen LogP contribution >= 0.6 is 11.6 Å². The Balaban J connectivity index is 1.96. The molecule has 128 valence electrons. The van der Waals surface area contributed by atoms with Crippen LogP contribution in [0.25, 0.3) is 22.4 Å². The van der Waals surface area contributed by atoms with Gasteiger partial charge in [0.1, 0.15) is 5.69 Å². The summed E-state index contributed by atoms with van der Waals surface area (Å²) in [5.74, 6) is -0.206. The summed E-state index contributed by atoms with van der Waals surface area (Å²) in [5, 5.41) is 8.24. The van der Waals surface area contributed by atoms with Crippen molar-refractivity contribution in [1.82, 2.24) is 15.2 Å². The molecule has 0 unspecified atom stereocenters. The Morgan fingerprint density at radius 3 is 2.52 bits per heavy atom. The summed E-state index contributed by atoms with van der Waals surface area (Å²) in [7, 11) is 0. The predicted molar refractivity (Wildman–Crippen MR) is 97.2 cm³/mol. The maximum atomic E-state index is 11.3. The van der Waals surface area contributed by atoms with E-state index in [4.69, 9.17) is 16.3 Å². The topological polar surface area (TPSA) is 67.9 Å². The zero-order valence-corrected chi connectivity index (χ0v) is 14.6. The number of hydrogen-bond acceptors (Lipinski definition) is 4. The molecule has 1 aromatic carbocycles. The average molecular weight is 356 g/mol. The number of nitrogens with zero attached hydrogens (tertiary/aromatic N) is 2. The van der Waals surface area contributed by atoms with Gasteiger partial charge in [0.2, 0.25) is 0 Å². The third-order valence-corrected chi connectivity index (χ3v) is 4.08. The van der Waals surface area contributed by atoms with Gasteiger partial charge in [0.15, 0.2) is 0 Å². The van der Waals surface area contributed by atoms with Crippen LogP contribution < -0.4 is 0 Å². The molecule has 0 aliphatic heterocycles. The molecule has 3 aromatic rings. The summed E-state index contributed by atoms with van der Waals surface area (Å²) >= 11 is 5.99. The summed E-state index contributed by atoms with van der Waals surface area (Å²) in [6.07, 6.45) is 4.42. The van der Waals surface area contributed by atoms with Gasteiger partial charge >= 0.3 is 5.97 Å². The first-order chi connectivity index (χ1) is 12.2. The first-order valence-corrected chi connectivity index (χ1v) is 8.46. The molecular formula is C19H18ClN3O2. The van der Waals surface area contributed by atoms with Gasteiger partial charge in [0.05, 0.1) is 6.61 Å². The van der Waals surface area contributed by atoms with E-state index in [-0.39, 0.29) is 5.97 Å². The van der Waals surface area contributed by atoms with Gasteiger partial charge in [-0.1, -0.05) is 30.7 Å². The maximum absolute atomic E-state index is 11.3. The molecular weight excluding hydrogens is 338 g/mol. The molecule has 2 heterocycles. The van der Waals surface area contributed by atoms with E-state index in [1.165, 1.54) is 0 Å². The van der Waals surface area contributed by atoms with Crippen LogP contribution in [0, 0.1) is 0 Å². The van der Waals surface area contributed by atoms with E-state index in [1.54, 1.807) is 19.3 Å². The summed E-state index contributed by atoms with van der Waals surface area (Å²) in [6, 6.07) is 11.4. The van der Waals surface area contributed by atoms with Gasteiger partial charge in [-0.3, -0.25) is 14.9 Å². The molecule has 0 aliphatic rings.